The number of halogens is 1. The summed E-state index contributed by atoms with van der Waals surface area (Å²) in [6, 6.07) is 27.3. The van der Waals surface area contributed by atoms with Gasteiger partial charge in [-0.1, -0.05) is 90.0 Å². The molecule has 1 atom stereocenters. The van der Waals surface area contributed by atoms with Crippen LogP contribution in [0.1, 0.15) is 36.1 Å². The topological polar surface area (TPSA) is 86.8 Å². The van der Waals surface area contributed by atoms with Crippen molar-refractivity contribution in [3.8, 4) is 0 Å². The van der Waals surface area contributed by atoms with Crippen molar-refractivity contribution in [1.82, 2.24) is 10.2 Å². The highest BCUT2D eigenvalue weighted by molar-refractivity contribution is 7.92. The van der Waals surface area contributed by atoms with Gasteiger partial charge in [0.2, 0.25) is 11.8 Å². The van der Waals surface area contributed by atoms with Crippen LogP contribution >= 0.6 is 0 Å². The number of sulfonamides is 1. The molecule has 4 aromatic rings. The van der Waals surface area contributed by atoms with Gasteiger partial charge in [0.05, 0.1) is 10.6 Å². The van der Waals surface area contributed by atoms with Gasteiger partial charge in [0.15, 0.2) is 0 Å². The van der Waals surface area contributed by atoms with Crippen LogP contribution < -0.4 is 9.62 Å². The standard InChI is InChI=1S/C35H38FN3O4S/c1-25(2)37-35(41)33(22-28-12-6-5-7-13-28)38(23-29-14-10-11-27(4)21-29)34(40)24-39(32-16-9-8-15-31(32)36)44(42,43)30-19-17-26(3)18-20-30/h5-21,25,33H,22-24H2,1-4H3,(H,37,41). The van der Waals surface area contributed by atoms with Crippen molar-refractivity contribution in [2.45, 2.75) is 57.6 Å². The zero-order valence-electron chi connectivity index (χ0n) is 25.4. The Morgan fingerprint density at radius 1 is 0.795 bits per heavy atom. The molecule has 0 aliphatic heterocycles. The lowest BCUT2D eigenvalue weighted by molar-refractivity contribution is -0.140. The highest BCUT2D eigenvalue weighted by Crippen LogP contribution is 2.27. The largest absolute Gasteiger partial charge is 0.352 e. The van der Waals surface area contributed by atoms with E-state index in [1.807, 2.05) is 82.3 Å². The summed E-state index contributed by atoms with van der Waals surface area (Å²) in [5.41, 5.74) is 3.16. The number of nitrogens with zero attached hydrogens (tertiary/aromatic N) is 2. The molecule has 4 rings (SSSR count). The average Bonchev–Trinajstić information content (AvgIpc) is 2.98. The van der Waals surface area contributed by atoms with E-state index in [4.69, 9.17) is 0 Å². The number of para-hydroxylation sites is 1. The zero-order valence-corrected chi connectivity index (χ0v) is 26.2. The molecule has 44 heavy (non-hydrogen) atoms. The number of hydrogen-bond donors (Lipinski definition) is 1. The number of carbonyl (C=O) groups is 2. The van der Waals surface area contributed by atoms with E-state index in [9.17, 15) is 18.0 Å². The highest BCUT2D eigenvalue weighted by atomic mass is 32.2. The van der Waals surface area contributed by atoms with Gasteiger partial charge in [-0.25, -0.2) is 12.8 Å². The van der Waals surface area contributed by atoms with Crippen molar-refractivity contribution in [3.05, 3.63) is 131 Å². The fourth-order valence-electron chi connectivity index (χ4n) is 4.95. The zero-order chi connectivity index (χ0) is 31.9. The van der Waals surface area contributed by atoms with Crippen molar-refractivity contribution < 1.29 is 22.4 Å². The molecule has 7 nitrogen and oxygen atoms in total. The first-order chi connectivity index (χ1) is 21.0. The predicted octanol–water partition coefficient (Wildman–Crippen LogP) is 5.80. The van der Waals surface area contributed by atoms with Gasteiger partial charge in [0, 0.05) is 19.0 Å². The number of benzene rings is 4. The monoisotopic (exact) mass is 615 g/mol. The van der Waals surface area contributed by atoms with Crippen molar-refractivity contribution in [2.75, 3.05) is 10.8 Å². The van der Waals surface area contributed by atoms with Crippen LogP contribution in [0.3, 0.4) is 0 Å². The molecule has 230 valence electrons. The smallest absolute Gasteiger partial charge is 0.264 e. The number of carbonyl (C=O) groups excluding carboxylic acids is 2. The summed E-state index contributed by atoms with van der Waals surface area (Å²) >= 11 is 0. The van der Waals surface area contributed by atoms with Crippen LogP contribution in [-0.2, 0) is 32.6 Å². The summed E-state index contributed by atoms with van der Waals surface area (Å²) in [6.45, 7) is 6.74. The maximum absolute atomic E-state index is 15.2. The summed E-state index contributed by atoms with van der Waals surface area (Å²) in [5.74, 6) is -1.81. The summed E-state index contributed by atoms with van der Waals surface area (Å²) in [4.78, 5) is 29.4. The number of hydrogen-bond acceptors (Lipinski definition) is 4. The first kappa shape index (κ1) is 32.4. The summed E-state index contributed by atoms with van der Waals surface area (Å²) < 4.78 is 44.0. The third-order valence-corrected chi connectivity index (χ3v) is 8.92. The van der Waals surface area contributed by atoms with E-state index >= 15 is 4.39 Å². The first-order valence-corrected chi connectivity index (χ1v) is 15.9. The third kappa shape index (κ3) is 8.11. The highest BCUT2D eigenvalue weighted by Gasteiger charge is 2.35. The number of aryl methyl sites for hydroxylation is 2. The normalized spacial score (nSPS) is 12.0. The summed E-state index contributed by atoms with van der Waals surface area (Å²) in [7, 11) is -4.38. The van der Waals surface area contributed by atoms with E-state index in [1.54, 1.807) is 12.1 Å². The van der Waals surface area contributed by atoms with Gasteiger partial charge in [0.25, 0.3) is 10.0 Å². The molecule has 0 aliphatic carbocycles. The molecule has 0 radical (unpaired) electrons. The first-order valence-electron chi connectivity index (χ1n) is 14.5. The Hall–Kier alpha value is -4.50. The van der Waals surface area contributed by atoms with Crippen LogP contribution in [0, 0.1) is 19.7 Å². The molecule has 1 unspecified atom stereocenters. The average molecular weight is 616 g/mol. The summed E-state index contributed by atoms with van der Waals surface area (Å²) in [5, 5.41) is 2.93. The SMILES string of the molecule is Cc1ccc(S(=O)(=O)N(CC(=O)N(Cc2cccc(C)c2)C(Cc2ccccc2)C(=O)NC(C)C)c2ccccc2F)cc1. The molecular formula is C35H38FN3O4S. The second kappa shape index (κ2) is 14.3. The van der Waals surface area contributed by atoms with Crippen molar-refractivity contribution in [3.63, 3.8) is 0 Å². The van der Waals surface area contributed by atoms with Gasteiger partial charge in [-0.15, -0.1) is 0 Å². The van der Waals surface area contributed by atoms with Gasteiger partial charge in [-0.3, -0.25) is 13.9 Å². The lowest BCUT2D eigenvalue weighted by atomic mass is 10.0. The molecule has 2 amide bonds. The van der Waals surface area contributed by atoms with Crippen molar-refractivity contribution >= 4 is 27.5 Å². The predicted molar refractivity (Wildman–Crippen MR) is 171 cm³/mol. The minimum absolute atomic E-state index is 0.0409. The second-order valence-electron chi connectivity index (χ2n) is 11.2. The molecule has 0 spiro atoms. The van der Waals surface area contributed by atoms with Crippen molar-refractivity contribution in [1.29, 1.82) is 0 Å². The molecule has 9 heteroatoms. The molecule has 0 fully saturated rings. The van der Waals surface area contributed by atoms with Crippen LogP contribution in [0.4, 0.5) is 10.1 Å². The lowest BCUT2D eigenvalue weighted by Crippen LogP contribution is -2.54. The van der Waals surface area contributed by atoms with Gasteiger partial charge in [-0.2, -0.15) is 0 Å². The molecule has 0 aliphatic rings. The number of rotatable bonds is 12. The van der Waals surface area contributed by atoms with Crippen LogP contribution in [0.25, 0.3) is 0 Å². The fourth-order valence-corrected chi connectivity index (χ4v) is 6.37. The number of nitrogens with one attached hydrogen (secondary N) is 1. The van der Waals surface area contributed by atoms with Crippen LogP contribution in [-0.4, -0.2) is 43.8 Å². The van der Waals surface area contributed by atoms with Gasteiger partial charge < -0.3 is 10.2 Å². The Labute approximate surface area is 259 Å². The number of anilines is 1. The molecule has 0 aromatic heterocycles. The maximum Gasteiger partial charge on any atom is 0.264 e. The van der Waals surface area contributed by atoms with Gasteiger partial charge in [-0.05, 0) is 63.1 Å². The minimum atomic E-state index is -4.38. The van der Waals surface area contributed by atoms with E-state index in [1.165, 1.54) is 35.2 Å². The molecule has 4 aromatic carbocycles. The van der Waals surface area contributed by atoms with Gasteiger partial charge >= 0.3 is 0 Å². The summed E-state index contributed by atoms with van der Waals surface area (Å²) in [6.07, 6.45) is 0.196. The van der Waals surface area contributed by atoms with Gasteiger partial charge in [0.1, 0.15) is 18.4 Å². The van der Waals surface area contributed by atoms with E-state index in [0.29, 0.717) is 0 Å². The Kier molecular flexibility index (Phi) is 10.5. The van der Waals surface area contributed by atoms with Crippen LogP contribution in [0.15, 0.2) is 108 Å². The van der Waals surface area contributed by atoms with E-state index in [2.05, 4.69) is 5.32 Å². The maximum atomic E-state index is 15.2. The minimum Gasteiger partial charge on any atom is -0.352 e. The Morgan fingerprint density at radius 2 is 1.43 bits per heavy atom. The Bertz CT molecular complexity index is 1690. The van der Waals surface area contributed by atoms with Crippen molar-refractivity contribution in [2.24, 2.45) is 0 Å². The molecule has 0 saturated carbocycles. The molecular weight excluding hydrogens is 577 g/mol. The quantitative estimate of drug-likeness (QED) is 0.218. The molecule has 0 bridgehead atoms. The third-order valence-electron chi connectivity index (χ3n) is 7.15. The number of amides is 2. The van der Waals surface area contributed by atoms with Crippen LogP contribution in [0.5, 0.6) is 0 Å². The Balaban J connectivity index is 1.82. The lowest BCUT2D eigenvalue weighted by Gasteiger charge is -2.34. The second-order valence-corrected chi connectivity index (χ2v) is 13.0. The Morgan fingerprint density at radius 3 is 2.07 bits per heavy atom. The van der Waals surface area contributed by atoms with E-state index < -0.39 is 34.3 Å². The molecule has 1 N–H and O–H groups in total. The molecule has 0 heterocycles. The van der Waals surface area contributed by atoms with Crippen LogP contribution in [0.2, 0.25) is 0 Å². The molecule has 0 saturated heterocycles. The van der Waals surface area contributed by atoms with E-state index in [0.717, 1.165) is 32.6 Å². The van der Waals surface area contributed by atoms with E-state index in [-0.39, 0.29) is 35.5 Å². The fraction of sp³-hybridized carbons (Fsp3) is 0.257.